The second-order valence-corrected chi connectivity index (χ2v) is 17.4. The van der Waals surface area contributed by atoms with Crippen LogP contribution in [-0.2, 0) is 33.3 Å². The molecule has 2 saturated heterocycles. The molecule has 6 aliphatic carbocycles. The van der Waals surface area contributed by atoms with Gasteiger partial charge in [-0.25, -0.2) is 0 Å². The Bertz CT molecular complexity index is 1860. The summed E-state index contributed by atoms with van der Waals surface area (Å²) in [4.78, 5) is 27.6. The Balaban J connectivity index is 0.000000142. The van der Waals surface area contributed by atoms with Crippen molar-refractivity contribution in [3.63, 3.8) is 0 Å². The summed E-state index contributed by atoms with van der Waals surface area (Å²) in [7, 11) is 0. The molecule has 4 saturated carbocycles. The van der Waals surface area contributed by atoms with E-state index in [9.17, 15) is 30.0 Å². The molecule has 4 bridgehead atoms. The van der Waals surface area contributed by atoms with Gasteiger partial charge >= 0.3 is 29.6 Å². The minimum absolute atomic E-state index is 0. The van der Waals surface area contributed by atoms with Crippen LogP contribution in [0, 0.1) is 11.8 Å². The van der Waals surface area contributed by atoms with Gasteiger partial charge in [0.1, 0.15) is 0 Å². The van der Waals surface area contributed by atoms with E-state index in [1.807, 2.05) is 12.1 Å². The molecule has 288 valence electrons. The standard InChI is InChI=1S/C20H23NO4.C16H17NO4.C4H7Cl.CH4.BrH.Na/c22-13-4-3-12-9-15-20(24)6-5-14(23)18-19(20,16(12)17(13)25-18)7-8-21(15)10-11-1-2-11;18-9-2-1-8-7-11-16(20)4-3-10(19)14-15(16,5-6-17-11)12(8)13(9)21-14;5-3-4-1-2-4;;;/h3-4,11,15,18,22,24H,1-2,5-10H2;1-2,11,14,17-18,20H,3-7H2;4H,1-3H2;1H4;1H;/q;;;;;+1/p-1. The minimum atomic E-state index is -0.962. The minimum Gasteiger partial charge on any atom is -1.00 e. The van der Waals surface area contributed by atoms with Gasteiger partial charge in [0, 0.05) is 48.5 Å². The van der Waals surface area contributed by atoms with Gasteiger partial charge in [0.2, 0.25) is 0 Å². The molecule has 13 heteroatoms. The van der Waals surface area contributed by atoms with Crippen LogP contribution in [0.15, 0.2) is 24.3 Å². The number of nitrogens with one attached hydrogen (secondary N) is 1. The second-order valence-electron chi connectivity index (χ2n) is 17.1. The fraction of sp³-hybridized carbons (Fsp3) is 0.659. The second kappa shape index (κ2) is 14.2. The largest absolute Gasteiger partial charge is 1.00 e. The average Bonchev–Trinajstić information content (AvgIpc) is 4.05. The molecule has 0 radical (unpaired) electrons. The van der Waals surface area contributed by atoms with Crippen LogP contribution >= 0.6 is 11.6 Å². The van der Waals surface area contributed by atoms with Crippen molar-refractivity contribution in [2.24, 2.45) is 11.8 Å². The van der Waals surface area contributed by atoms with Crippen molar-refractivity contribution in [2.75, 3.05) is 25.5 Å². The molecule has 8 unspecified atom stereocenters. The van der Waals surface area contributed by atoms with Crippen LogP contribution in [0.3, 0.4) is 0 Å². The Morgan fingerprint density at radius 2 is 1.31 bits per heavy atom. The Kier molecular flexibility index (Phi) is 10.7. The summed E-state index contributed by atoms with van der Waals surface area (Å²) in [5.41, 5.74) is 0.785. The number of carbonyl (C=O) groups is 2. The first-order valence-electron chi connectivity index (χ1n) is 19.1. The van der Waals surface area contributed by atoms with Gasteiger partial charge in [0.05, 0.1) is 22.0 Å². The topological polar surface area (TPSA) is 149 Å². The number of nitrogens with zero attached hydrogens (tertiary/aromatic N) is 1. The van der Waals surface area contributed by atoms with Gasteiger partial charge in [-0.3, -0.25) is 14.5 Å². The maximum absolute atomic E-state index is 12.7. The first-order valence-corrected chi connectivity index (χ1v) is 19.7. The first-order chi connectivity index (χ1) is 24.6. The molecule has 2 aromatic rings. The Hall–Kier alpha value is -1.41. The van der Waals surface area contributed by atoms with Crippen LogP contribution in [0.2, 0.25) is 0 Å². The Morgan fingerprint density at radius 3 is 1.85 bits per heavy atom. The summed E-state index contributed by atoms with van der Waals surface area (Å²) in [5, 5.41) is 47.3. The molecular weight excluding hydrogens is 787 g/mol. The normalized spacial score (nSPS) is 37.8. The van der Waals surface area contributed by atoms with Crippen molar-refractivity contribution >= 4 is 23.2 Å². The van der Waals surface area contributed by atoms with Crippen molar-refractivity contribution in [3.05, 3.63) is 46.5 Å². The molecule has 10 nitrogen and oxygen atoms in total. The van der Waals surface area contributed by atoms with E-state index in [4.69, 9.17) is 21.1 Å². The number of alkyl halides is 1. The number of aromatic hydroxyl groups is 2. The van der Waals surface area contributed by atoms with Crippen LogP contribution in [0.25, 0.3) is 0 Å². The van der Waals surface area contributed by atoms with Gasteiger partial charge < -0.3 is 52.2 Å². The Labute approximate surface area is 354 Å². The molecule has 0 aromatic heterocycles. The van der Waals surface area contributed by atoms with Crippen molar-refractivity contribution in [1.29, 1.82) is 0 Å². The van der Waals surface area contributed by atoms with Crippen LogP contribution in [0.1, 0.15) is 93.9 Å². The number of Topliss-reactive ketones (excluding diaryl/α,β-unsaturated/α-hetero) is 2. The quantitative estimate of drug-likeness (QED) is 0.178. The van der Waals surface area contributed by atoms with Crippen molar-refractivity contribution in [3.8, 4) is 23.0 Å². The molecule has 8 atom stereocenters. The van der Waals surface area contributed by atoms with Crippen molar-refractivity contribution < 1.29 is 86.0 Å². The number of hydrogen-bond acceptors (Lipinski definition) is 10. The van der Waals surface area contributed by atoms with Crippen LogP contribution < -0.4 is 61.3 Å². The maximum atomic E-state index is 12.7. The molecule has 5 N–H and O–H groups in total. The zero-order chi connectivity index (χ0) is 35.1. The number of ether oxygens (including phenoxy) is 2. The molecule has 10 aliphatic rings. The van der Waals surface area contributed by atoms with E-state index in [0.717, 1.165) is 72.4 Å². The summed E-state index contributed by atoms with van der Waals surface area (Å²) in [6.45, 7) is 2.71. The van der Waals surface area contributed by atoms with Gasteiger partial charge in [-0.05, 0) is 112 Å². The third kappa shape index (κ3) is 5.41. The molecule has 2 aromatic carbocycles. The van der Waals surface area contributed by atoms with Gasteiger partial charge in [0.25, 0.3) is 0 Å². The third-order valence-corrected chi connectivity index (χ3v) is 15.0. The van der Waals surface area contributed by atoms with E-state index < -0.39 is 34.2 Å². The summed E-state index contributed by atoms with van der Waals surface area (Å²) in [6.07, 6.45) is 8.62. The zero-order valence-corrected chi connectivity index (χ0v) is 34.6. The summed E-state index contributed by atoms with van der Waals surface area (Å²) in [5.74, 6) is 3.72. The van der Waals surface area contributed by atoms with E-state index in [1.165, 1.54) is 25.7 Å². The molecule has 2 spiro atoms. The van der Waals surface area contributed by atoms with Crippen LogP contribution in [-0.4, -0.2) is 97.9 Å². The molecule has 4 aliphatic heterocycles. The SMILES string of the molecule is C.ClCC1CC1.O=C1CCC2(O)C3Cc4ccc(O)c5c4C2(CCN3)C1O5.O=C1CCC2(O)C3Cc4ccc(O)c5c4C2(CCN3CC2CC2)C1O5.[Br-].[Na+]. The monoisotopic (exact) mass is 836 g/mol. The average molecular weight is 838 g/mol. The number of phenols is 2. The van der Waals surface area contributed by atoms with E-state index >= 15 is 0 Å². The Morgan fingerprint density at radius 1 is 0.778 bits per heavy atom. The number of likely N-dealkylation sites (tertiary alicyclic amines) is 1. The first kappa shape index (κ1) is 40.8. The van der Waals surface area contributed by atoms with E-state index in [0.29, 0.717) is 50.0 Å². The van der Waals surface area contributed by atoms with Crippen LogP contribution in [0.4, 0.5) is 0 Å². The third-order valence-electron chi connectivity index (χ3n) is 14.6. The van der Waals surface area contributed by atoms with Gasteiger partial charge in [0.15, 0.2) is 46.8 Å². The fourth-order valence-electron chi connectivity index (χ4n) is 11.8. The number of benzene rings is 2. The van der Waals surface area contributed by atoms with E-state index in [1.54, 1.807) is 12.1 Å². The summed E-state index contributed by atoms with van der Waals surface area (Å²) in [6, 6.07) is 7.18. The predicted molar refractivity (Wildman–Crippen MR) is 193 cm³/mol. The van der Waals surface area contributed by atoms with Gasteiger partial charge in [-0.15, -0.1) is 11.6 Å². The van der Waals surface area contributed by atoms with E-state index in [2.05, 4.69) is 10.2 Å². The number of rotatable bonds is 3. The maximum Gasteiger partial charge on any atom is 1.00 e. The number of ketones is 2. The van der Waals surface area contributed by atoms with Gasteiger partial charge in [-0.2, -0.15) is 0 Å². The summed E-state index contributed by atoms with van der Waals surface area (Å²) >= 11 is 5.40. The molecule has 12 rings (SSSR count). The molecule has 54 heavy (non-hydrogen) atoms. The number of piperidine rings is 2. The number of carbonyl (C=O) groups excluding carboxylic acids is 2. The van der Waals surface area contributed by atoms with Crippen molar-refractivity contribution in [1.82, 2.24) is 10.2 Å². The predicted octanol–water partition coefficient (Wildman–Crippen LogP) is -1.79. The smallest absolute Gasteiger partial charge is 1.00 e. The fourth-order valence-corrected chi connectivity index (χ4v) is 12.1. The molecular formula is C41H51BrClN2NaO8. The zero-order valence-electron chi connectivity index (χ0n) is 30.2. The van der Waals surface area contributed by atoms with Crippen LogP contribution in [0.5, 0.6) is 23.0 Å². The number of aliphatic hydroxyl groups is 2. The molecule has 4 heterocycles. The summed E-state index contributed by atoms with van der Waals surface area (Å²) < 4.78 is 11.9. The number of halogens is 2. The van der Waals surface area contributed by atoms with Gasteiger partial charge in [-0.1, -0.05) is 19.6 Å². The van der Waals surface area contributed by atoms with Crippen molar-refractivity contribution in [2.45, 2.75) is 131 Å². The van der Waals surface area contributed by atoms with E-state index in [-0.39, 0.29) is 89.1 Å². The number of phenolic OH excluding ortho intramolecular Hbond substituents is 2. The molecule has 6 fully saturated rings. The molecule has 0 amide bonds. The number of hydrogen-bond donors (Lipinski definition) is 5.